The first-order valence-corrected chi connectivity index (χ1v) is 9.03. The molecule has 8 heteroatoms. The van der Waals surface area contributed by atoms with Gasteiger partial charge in [-0.2, -0.15) is 5.26 Å². The van der Waals surface area contributed by atoms with Gasteiger partial charge in [0.25, 0.3) is 0 Å². The maximum Gasteiger partial charge on any atom is 0.345 e. The molecule has 0 bridgehead atoms. The predicted molar refractivity (Wildman–Crippen MR) is 103 cm³/mol. The number of anilines is 1. The van der Waals surface area contributed by atoms with Crippen LogP contribution in [0.4, 0.5) is 5.69 Å². The van der Waals surface area contributed by atoms with E-state index in [-0.39, 0.29) is 22.8 Å². The van der Waals surface area contributed by atoms with Gasteiger partial charge in [-0.05, 0) is 24.3 Å². The quantitative estimate of drug-likeness (QED) is 0.524. The molecular weight excluding hydrogens is 426 g/mol. The summed E-state index contributed by atoms with van der Waals surface area (Å²) in [5.41, 5.74) is 4.55. The van der Waals surface area contributed by atoms with Crippen LogP contribution in [0, 0.1) is 11.3 Å². The third-order valence-corrected chi connectivity index (χ3v) is 5.55. The van der Waals surface area contributed by atoms with Gasteiger partial charge in [0.05, 0.1) is 5.39 Å². The average molecular weight is 436 g/mol. The fraction of sp³-hybridized carbons (Fsp3) is 0.0500. The van der Waals surface area contributed by atoms with Crippen LogP contribution in [0.15, 0.2) is 67.6 Å². The minimum absolute atomic E-state index is 0.0597. The van der Waals surface area contributed by atoms with Crippen LogP contribution in [0.3, 0.4) is 0 Å². The number of benzene rings is 2. The SMILES string of the molecule is N#CC1=C(N)Oc2c(c(=O)oc3ccccc23)C12C(=O)Nc1cc(Br)ccc12. The number of carbonyl (C=O) groups is 1. The summed E-state index contributed by atoms with van der Waals surface area (Å²) in [5, 5.41) is 13.1. The Morgan fingerprint density at radius 1 is 1.18 bits per heavy atom. The molecule has 0 saturated carbocycles. The molecule has 1 unspecified atom stereocenters. The number of ether oxygens (including phenoxy) is 1. The first-order chi connectivity index (χ1) is 13.5. The molecule has 28 heavy (non-hydrogen) atoms. The van der Waals surface area contributed by atoms with E-state index >= 15 is 0 Å². The summed E-state index contributed by atoms with van der Waals surface area (Å²) in [6.45, 7) is 0. The van der Waals surface area contributed by atoms with Gasteiger partial charge in [-0.25, -0.2) is 4.79 Å². The van der Waals surface area contributed by atoms with Crippen molar-refractivity contribution in [3.63, 3.8) is 0 Å². The highest BCUT2D eigenvalue weighted by Gasteiger charge is 2.58. The molecule has 1 aromatic heterocycles. The van der Waals surface area contributed by atoms with Crippen LogP contribution < -0.4 is 21.4 Å². The molecule has 1 atom stereocenters. The maximum atomic E-state index is 13.3. The molecule has 5 rings (SSSR count). The van der Waals surface area contributed by atoms with E-state index in [1.54, 1.807) is 42.5 Å². The molecule has 2 aliphatic heterocycles. The summed E-state index contributed by atoms with van der Waals surface area (Å²) >= 11 is 3.36. The molecular formula is C20H10BrN3O4. The predicted octanol–water partition coefficient (Wildman–Crippen LogP) is 2.88. The first-order valence-electron chi connectivity index (χ1n) is 8.24. The summed E-state index contributed by atoms with van der Waals surface area (Å²) in [6, 6.07) is 13.8. The van der Waals surface area contributed by atoms with Crippen molar-refractivity contribution in [2.75, 3.05) is 5.32 Å². The molecule has 3 aromatic rings. The summed E-state index contributed by atoms with van der Waals surface area (Å²) in [7, 11) is 0. The van der Waals surface area contributed by atoms with E-state index < -0.39 is 16.9 Å². The Bertz CT molecular complexity index is 1350. The lowest BCUT2D eigenvalue weighted by Gasteiger charge is -2.32. The van der Waals surface area contributed by atoms with E-state index in [1.165, 1.54) is 0 Å². The van der Waals surface area contributed by atoms with Gasteiger partial charge in [0.1, 0.15) is 22.8 Å². The number of nitrogens with one attached hydrogen (secondary N) is 1. The molecule has 0 saturated heterocycles. The summed E-state index contributed by atoms with van der Waals surface area (Å²) < 4.78 is 11.9. The Morgan fingerprint density at radius 2 is 1.96 bits per heavy atom. The molecule has 0 radical (unpaired) electrons. The van der Waals surface area contributed by atoms with Crippen molar-refractivity contribution >= 4 is 38.5 Å². The molecule has 3 heterocycles. The second kappa shape index (κ2) is 5.47. The largest absolute Gasteiger partial charge is 0.439 e. The van der Waals surface area contributed by atoms with Crippen LogP contribution >= 0.6 is 15.9 Å². The second-order valence-electron chi connectivity index (χ2n) is 6.44. The normalized spacial score (nSPS) is 19.8. The number of nitrogens with zero attached hydrogens (tertiary/aromatic N) is 1. The van der Waals surface area contributed by atoms with Crippen LogP contribution in [0.1, 0.15) is 11.1 Å². The summed E-state index contributed by atoms with van der Waals surface area (Å²) in [5.74, 6) is -0.668. The van der Waals surface area contributed by atoms with Crippen LogP contribution in [0.2, 0.25) is 0 Å². The third kappa shape index (κ3) is 1.86. The second-order valence-corrected chi connectivity index (χ2v) is 7.35. The number of hydrogen-bond donors (Lipinski definition) is 2. The Balaban J connectivity index is 2.01. The lowest BCUT2D eigenvalue weighted by molar-refractivity contribution is -0.118. The Hall–Kier alpha value is -3.57. The van der Waals surface area contributed by atoms with E-state index in [0.29, 0.717) is 22.2 Å². The standard InChI is InChI=1S/C20H10BrN3O4/c21-9-5-6-11-13(7-9)24-19(26)20(11)12(8-22)17(23)28-16-10-3-1-2-4-14(10)27-18(25)15(16)20/h1-7H,23H2,(H,24,26). The van der Waals surface area contributed by atoms with Crippen molar-refractivity contribution in [1.82, 2.24) is 0 Å². The average Bonchev–Trinajstić information content (AvgIpc) is 2.93. The van der Waals surface area contributed by atoms with Gasteiger partial charge in [-0.1, -0.05) is 34.1 Å². The highest BCUT2D eigenvalue weighted by molar-refractivity contribution is 9.10. The maximum absolute atomic E-state index is 13.3. The van der Waals surface area contributed by atoms with Crippen molar-refractivity contribution in [2.24, 2.45) is 5.73 Å². The van der Waals surface area contributed by atoms with Crippen molar-refractivity contribution in [1.29, 1.82) is 5.26 Å². The van der Waals surface area contributed by atoms with Gasteiger partial charge in [0, 0.05) is 15.7 Å². The van der Waals surface area contributed by atoms with Gasteiger partial charge in [-0.15, -0.1) is 0 Å². The highest BCUT2D eigenvalue weighted by atomic mass is 79.9. The van der Waals surface area contributed by atoms with Gasteiger partial charge >= 0.3 is 5.63 Å². The van der Waals surface area contributed by atoms with Crippen LogP contribution in [-0.2, 0) is 10.2 Å². The van der Waals surface area contributed by atoms with E-state index in [2.05, 4.69) is 21.2 Å². The van der Waals surface area contributed by atoms with Crippen molar-refractivity contribution < 1.29 is 13.9 Å². The summed E-state index contributed by atoms with van der Waals surface area (Å²) in [6.07, 6.45) is 0. The fourth-order valence-electron chi connectivity index (χ4n) is 3.94. The van der Waals surface area contributed by atoms with Gasteiger partial charge in [0.2, 0.25) is 11.8 Å². The number of carbonyl (C=O) groups excluding carboxylic acids is 1. The number of nitrogens with two attached hydrogens (primary N) is 1. The van der Waals surface area contributed by atoms with Gasteiger partial charge < -0.3 is 20.2 Å². The zero-order valence-electron chi connectivity index (χ0n) is 14.1. The lowest BCUT2D eigenvalue weighted by atomic mass is 9.69. The molecule has 2 aromatic carbocycles. The Kier molecular flexibility index (Phi) is 3.24. The minimum atomic E-state index is -1.74. The highest BCUT2D eigenvalue weighted by Crippen LogP contribution is 2.53. The number of para-hydroxylation sites is 1. The molecule has 136 valence electrons. The van der Waals surface area contributed by atoms with E-state index in [0.717, 1.165) is 4.47 Å². The third-order valence-electron chi connectivity index (χ3n) is 5.06. The van der Waals surface area contributed by atoms with Crippen molar-refractivity contribution in [3.8, 4) is 11.8 Å². The molecule has 0 aliphatic carbocycles. The zero-order valence-corrected chi connectivity index (χ0v) is 15.7. The first kappa shape index (κ1) is 16.6. The Morgan fingerprint density at radius 3 is 2.75 bits per heavy atom. The minimum Gasteiger partial charge on any atom is -0.439 e. The monoisotopic (exact) mass is 435 g/mol. The van der Waals surface area contributed by atoms with E-state index in [9.17, 15) is 14.9 Å². The molecule has 7 nitrogen and oxygen atoms in total. The van der Waals surface area contributed by atoms with E-state index in [4.69, 9.17) is 14.9 Å². The van der Waals surface area contributed by atoms with Crippen molar-refractivity contribution in [2.45, 2.75) is 5.41 Å². The number of rotatable bonds is 0. The topological polar surface area (TPSA) is 118 Å². The number of amides is 1. The van der Waals surface area contributed by atoms with Crippen molar-refractivity contribution in [3.05, 3.63) is 79.9 Å². The van der Waals surface area contributed by atoms with Gasteiger partial charge in [0.15, 0.2) is 11.2 Å². The molecule has 1 amide bonds. The van der Waals surface area contributed by atoms with E-state index in [1.807, 2.05) is 6.07 Å². The van der Waals surface area contributed by atoms with Gasteiger partial charge in [-0.3, -0.25) is 4.79 Å². The Labute approximate surface area is 166 Å². The molecule has 3 N–H and O–H groups in total. The van der Waals surface area contributed by atoms with Crippen LogP contribution in [0.5, 0.6) is 5.75 Å². The molecule has 2 aliphatic rings. The smallest absolute Gasteiger partial charge is 0.345 e. The lowest BCUT2D eigenvalue weighted by Crippen LogP contribution is -2.45. The molecule has 0 fully saturated rings. The number of halogens is 1. The zero-order chi connectivity index (χ0) is 19.6. The van der Waals surface area contributed by atoms with Crippen LogP contribution in [-0.4, -0.2) is 5.91 Å². The summed E-state index contributed by atoms with van der Waals surface area (Å²) in [4.78, 5) is 26.3. The number of nitriles is 1. The van der Waals surface area contributed by atoms with Crippen LogP contribution in [0.25, 0.3) is 11.0 Å². The fourth-order valence-corrected chi connectivity index (χ4v) is 4.30. The number of fused-ring (bicyclic) bond motifs is 6. The number of hydrogen-bond acceptors (Lipinski definition) is 6. The molecule has 1 spiro atoms.